The minimum atomic E-state index is -0.171. The van der Waals surface area contributed by atoms with Gasteiger partial charge < -0.3 is 5.32 Å². The Morgan fingerprint density at radius 2 is 1.83 bits per heavy atom. The second-order valence-corrected chi connectivity index (χ2v) is 8.24. The first kappa shape index (κ1) is 20.3. The van der Waals surface area contributed by atoms with Crippen molar-refractivity contribution >= 4 is 46.3 Å². The van der Waals surface area contributed by atoms with Crippen molar-refractivity contribution in [3.63, 3.8) is 0 Å². The average molecular weight is 440 g/mol. The number of rotatable bonds is 6. The summed E-state index contributed by atoms with van der Waals surface area (Å²) in [5.41, 5.74) is 3.09. The summed E-state index contributed by atoms with van der Waals surface area (Å²) in [6.07, 6.45) is 0.723. The van der Waals surface area contributed by atoms with E-state index in [1.54, 1.807) is 30.3 Å². The highest BCUT2D eigenvalue weighted by Crippen LogP contribution is 2.26. The third kappa shape index (κ3) is 4.75. The molecule has 0 unspecified atom stereocenters. The second kappa shape index (κ2) is 8.77. The number of nitrogens with one attached hydrogen (secondary N) is 1. The smallest absolute Gasteiger partial charge is 0.230 e. The third-order valence-corrected chi connectivity index (χ3v) is 5.87. The molecular weight excluding hydrogens is 422 g/mol. The Hall–Kier alpha value is -3.03. The molecule has 0 radical (unpaired) electrons. The molecule has 1 fully saturated rings. The predicted octanol–water partition coefficient (Wildman–Crippen LogP) is 4.29. The fraction of sp³-hybridized carbons (Fsp3) is 0.182. The van der Waals surface area contributed by atoms with E-state index in [9.17, 15) is 14.4 Å². The molecule has 3 aromatic rings. The minimum absolute atomic E-state index is 0.141. The van der Waals surface area contributed by atoms with Gasteiger partial charge in [0.25, 0.3) is 0 Å². The zero-order valence-electron chi connectivity index (χ0n) is 15.9. The zero-order chi connectivity index (χ0) is 21.1. The summed E-state index contributed by atoms with van der Waals surface area (Å²) in [6.45, 7) is 0.261. The highest BCUT2D eigenvalue weighted by molar-refractivity contribution is 7.13. The van der Waals surface area contributed by atoms with Crippen LogP contribution < -0.4 is 5.32 Å². The first-order valence-electron chi connectivity index (χ1n) is 9.40. The third-order valence-electron chi connectivity index (χ3n) is 4.70. The Morgan fingerprint density at radius 1 is 1.10 bits per heavy atom. The lowest BCUT2D eigenvalue weighted by Gasteiger charge is -2.14. The number of benzene rings is 2. The molecule has 152 valence electrons. The number of carbonyl (C=O) groups excluding carboxylic acids is 3. The summed E-state index contributed by atoms with van der Waals surface area (Å²) in [4.78, 5) is 41.6. The lowest BCUT2D eigenvalue weighted by molar-refractivity contribution is -0.139. The van der Waals surface area contributed by atoms with E-state index >= 15 is 0 Å². The molecule has 2 heterocycles. The molecule has 1 aromatic heterocycles. The molecular formula is C22H18ClN3O3S. The maximum absolute atomic E-state index is 12.4. The van der Waals surface area contributed by atoms with E-state index in [4.69, 9.17) is 11.6 Å². The number of likely N-dealkylation sites (tertiary alicyclic amines) is 1. The van der Waals surface area contributed by atoms with Crippen molar-refractivity contribution in [2.24, 2.45) is 0 Å². The maximum atomic E-state index is 12.4. The van der Waals surface area contributed by atoms with Gasteiger partial charge in [-0.15, -0.1) is 11.3 Å². The molecule has 0 bridgehead atoms. The molecule has 0 atom stereocenters. The quantitative estimate of drug-likeness (QED) is 0.581. The summed E-state index contributed by atoms with van der Waals surface area (Å²) in [5, 5.41) is 6.17. The van der Waals surface area contributed by atoms with Crippen LogP contribution in [0, 0.1) is 0 Å². The summed E-state index contributed by atoms with van der Waals surface area (Å²) in [6, 6.07) is 14.6. The number of imide groups is 1. The number of hydrogen-bond acceptors (Lipinski definition) is 5. The average Bonchev–Trinajstić information content (AvgIpc) is 3.31. The maximum Gasteiger partial charge on any atom is 0.230 e. The highest BCUT2D eigenvalue weighted by Gasteiger charge is 2.28. The molecule has 0 spiro atoms. The van der Waals surface area contributed by atoms with Gasteiger partial charge in [-0.3, -0.25) is 19.3 Å². The number of carbonyl (C=O) groups is 3. The fourth-order valence-electron chi connectivity index (χ4n) is 3.19. The lowest BCUT2D eigenvalue weighted by atomic mass is 10.2. The zero-order valence-corrected chi connectivity index (χ0v) is 17.5. The van der Waals surface area contributed by atoms with Crippen LogP contribution in [0.2, 0.25) is 5.02 Å². The summed E-state index contributed by atoms with van der Waals surface area (Å²) in [5.74, 6) is -0.453. The van der Waals surface area contributed by atoms with E-state index in [-0.39, 0.29) is 43.5 Å². The van der Waals surface area contributed by atoms with Gasteiger partial charge in [0.05, 0.1) is 18.7 Å². The Labute approximate surface area is 182 Å². The van der Waals surface area contributed by atoms with E-state index < -0.39 is 0 Å². The molecule has 1 saturated heterocycles. The fourth-order valence-corrected chi connectivity index (χ4v) is 4.19. The van der Waals surface area contributed by atoms with Crippen LogP contribution >= 0.6 is 22.9 Å². The molecule has 4 rings (SSSR count). The number of aromatic nitrogens is 1. The molecule has 1 N–H and O–H groups in total. The topological polar surface area (TPSA) is 79.4 Å². The standard InChI is InChI=1S/C22H18ClN3O3S/c23-16-3-1-2-15(10-16)22-25-18(13-30-22)11-19(27)24-17-6-4-14(5-7-17)12-26-20(28)8-9-21(26)29/h1-7,10,13H,8-9,11-12H2,(H,24,27). The number of halogens is 1. The number of anilines is 1. The largest absolute Gasteiger partial charge is 0.326 e. The van der Waals surface area contributed by atoms with Crippen molar-refractivity contribution in [3.8, 4) is 10.6 Å². The molecule has 1 aliphatic heterocycles. The van der Waals surface area contributed by atoms with E-state index in [0.29, 0.717) is 16.4 Å². The minimum Gasteiger partial charge on any atom is -0.326 e. The van der Waals surface area contributed by atoms with Crippen molar-refractivity contribution in [2.45, 2.75) is 25.8 Å². The molecule has 2 aromatic carbocycles. The van der Waals surface area contributed by atoms with Gasteiger partial charge in [-0.25, -0.2) is 4.98 Å². The Morgan fingerprint density at radius 3 is 2.53 bits per heavy atom. The SMILES string of the molecule is O=C(Cc1csc(-c2cccc(Cl)c2)n1)Nc1ccc(CN2C(=O)CCC2=O)cc1. The molecule has 3 amide bonds. The second-order valence-electron chi connectivity index (χ2n) is 6.95. The van der Waals surface area contributed by atoms with Crippen molar-refractivity contribution in [1.29, 1.82) is 0 Å². The number of thiazole rings is 1. The van der Waals surface area contributed by atoms with Crippen LogP contribution in [-0.2, 0) is 27.3 Å². The number of nitrogens with zero attached hydrogens (tertiary/aromatic N) is 2. The Bertz CT molecular complexity index is 1090. The van der Waals surface area contributed by atoms with Gasteiger partial charge in [-0.2, -0.15) is 0 Å². The van der Waals surface area contributed by atoms with Gasteiger partial charge in [0.2, 0.25) is 17.7 Å². The molecule has 8 heteroatoms. The van der Waals surface area contributed by atoms with E-state index in [1.807, 2.05) is 23.6 Å². The van der Waals surface area contributed by atoms with Crippen molar-refractivity contribution < 1.29 is 14.4 Å². The predicted molar refractivity (Wildman–Crippen MR) is 116 cm³/mol. The Kier molecular flexibility index (Phi) is 5.92. The van der Waals surface area contributed by atoms with Crippen molar-refractivity contribution in [2.75, 3.05) is 5.32 Å². The van der Waals surface area contributed by atoms with Gasteiger partial charge in [0.15, 0.2) is 0 Å². The van der Waals surface area contributed by atoms with Gasteiger partial charge in [0, 0.05) is 34.5 Å². The molecule has 30 heavy (non-hydrogen) atoms. The van der Waals surface area contributed by atoms with Crippen LogP contribution in [-0.4, -0.2) is 27.6 Å². The number of amides is 3. The van der Waals surface area contributed by atoms with Crippen LogP contribution in [0.25, 0.3) is 10.6 Å². The van der Waals surface area contributed by atoms with Crippen LogP contribution in [0.1, 0.15) is 24.1 Å². The molecule has 0 aliphatic carbocycles. The summed E-state index contributed by atoms with van der Waals surface area (Å²) < 4.78 is 0. The normalized spacial score (nSPS) is 13.7. The van der Waals surface area contributed by atoms with E-state index in [2.05, 4.69) is 10.3 Å². The van der Waals surface area contributed by atoms with E-state index in [1.165, 1.54) is 16.2 Å². The molecule has 6 nitrogen and oxygen atoms in total. The van der Waals surface area contributed by atoms with Gasteiger partial charge >= 0.3 is 0 Å². The van der Waals surface area contributed by atoms with Crippen LogP contribution in [0.4, 0.5) is 5.69 Å². The van der Waals surface area contributed by atoms with Crippen LogP contribution in [0.3, 0.4) is 0 Å². The first-order chi connectivity index (χ1) is 14.5. The van der Waals surface area contributed by atoms with Gasteiger partial charge in [0.1, 0.15) is 5.01 Å². The van der Waals surface area contributed by atoms with Crippen molar-refractivity contribution in [1.82, 2.24) is 9.88 Å². The molecule has 1 aliphatic rings. The number of hydrogen-bond donors (Lipinski definition) is 1. The monoisotopic (exact) mass is 439 g/mol. The van der Waals surface area contributed by atoms with Gasteiger partial charge in [-0.1, -0.05) is 35.9 Å². The highest BCUT2D eigenvalue weighted by atomic mass is 35.5. The van der Waals surface area contributed by atoms with Gasteiger partial charge in [-0.05, 0) is 29.8 Å². The van der Waals surface area contributed by atoms with E-state index in [0.717, 1.165) is 16.1 Å². The van der Waals surface area contributed by atoms with Crippen LogP contribution in [0.5, 0.6) is 0 Å². The van der Waals surface area contributed by atoms with Crippen molar-refractivity contribution in [3.05, 3.63) is 70.2 Å². The summed E-state index contributed by atoms with van der Waals surface area (Å²) in [7, 11) is 0. The first-order valence-corrected chi connectivity index (χ1v) is 10.7. The Balaban J connectivity index is 1.34. The summed E-state index contributed by atoms with van der Waals surface area (Å²) >= 11 is 7.49. The lowest BCUT2D eigenvalue weighted by Crippen LogP contribution is -2.28. The van der Waals surface area contributed by atoms with Crippen LogP contribution in [0.15, 0.2) is 53.9 Å². The molecule has 0 saturated carbocycles.